The molecule has 0 aromatic heterocycles. The molecule has 1 aromatic rings. The van der Waals surface area contributed by atoms with Crippen LogP contribution in [-0.4, -0.2) is 29.7 Å². The quantitative estimate of drug-likeness (QED) is 0.416. The van der Waals surface area contributed by atoms with Gasteiger partial charge < -0.3 is 10.6 Å². The lowest BCUT2D eigenvalue weighted by atomic mass is 9.65. The number of aliphatic imine (C=N–C) groups is 1. The maximum absolute atomic E-state index is 14.1. The van der Waals surface area contributed by atoms with Crippen LogP contribution >= 0.6 is 0 Å². The molecular formula is C30H40FN3. The molecule has 4 heteroatoms. The van der Waals surface area contributed by atoms with Crippen molar-refractivity contribution in [3.05, 3.63) is 70.9 Å². The second-order valence-corrected chi connectivity index (χ2v) is 10.6. The first-order valence-electron chi connectivity index (χ1n) is 12.8. The zero-order valence-corrected chi connectivity index (χ0v) is 21.2. The van der Waals surface area contributed by atoms with Gasteiger partial charge in [-0.2, -0.15) is 0 Å². The Morgan fingerprint density at radius 3 is 2.68 bits per heavy atom. The summed E-state index contributed by atoms with van der Waals surface area (Å²) in [6.07, 6.45) is 12.0. The molecule has 1 atom stereocenters. The number of nitrogens with zero attached hydrogens (tertiary/aromatic N) is 2. The van der Waals surface area contributed by atoms with E-state index >= 15 is 0 Å². The predicted octanol–water partition coefficient (Wildman–Crippen LogP) is 7.21. The average molecular weight is 462 g/mol. The molecule has 1 aliphatic carbocycles. The summed E-state index contributed by atoms with van der Waals surface area (Å²) in [6, 6.07) is 4.35. The van der Waals surface area contributed by atoms with E-state index < -0.39 is 6.67 Å². The Hall–Kier alpha value is -2.46. The second-order valence-electron chi connectivity index (χ2n) is 10.6. The number of allylic oxidation sites excluding steroid dienone is 5. The molecule has 0 radical (unpaired) electrons. The number of likely N-dealkylation sites (tertiary alicyclic amines) is 1. The number of benzene rings is 1. The predicted molar refractivity (Wildman–Crippen MR) is 143 cm³/mol. The van der Waals surface area contributed by atoms with Crippen LogP contribution in [0.3, 0.4) is 0 Å². The Labute approximate surface area is 205 Å². The number of hydrogen-bond donors (Lipinski definition) is 1. The molecular weight excluding hydrogens is 421 g/mol. The summed E-state index contributed by atoms with van der Waals surface area (Å²) in [5.74, 6) is 0. The van der Waals surface area contributed by atoms with Crippen LogP contribution in [0, 0.1) is 5.41 Å². The van der Waals surface area contributed by atoms with Crippen molar-refractivity contribution in [2.75, 3.05) is 13.1 Å². The minimum absolute atomic E-state index is 0.236. The lowest BCUT2D eigenvalue weighted by molar-refractivity contribution is -0.00459. The Morgan fingerprint density at radius 2 is 2.03 bits per heavy atom. The highest BCUT2D eigenvalue weighted by Gasteiger charge is 2.48. The average Bonchev–Trinajstić information content (AvgIpc) is 3.24. The molecule has 2 heterocycles. The maximum Gasteiger partial charge on any atom is 0.115 e. The molecule has 2 N–H and O–H groups in total. The van der Waals surface area contributed by atoms with Crippen LogP contribution in [0.5, 0.6) is 0 Å². The summed E-state index contributed by atoms with van der Waals surface area (Å²) in [5.41, 5.74) is 15.6. The number of fused-ring (bicyclic) bond motifs is 1. The Kier molecular flexibility index (Phi) is 7.28. The highest BCUT2D eigenvalue weighted by molar-refractivity contribution is 6.06. The van der Waals surface area contributed by atoms with E-state index in [2.05, 4.69) is 50.1 Å². The number of unbranched alkanes of at least 4 members (excludes halogenated alkanes) is 1. The van der Waals surface area contributed by atoms with Crippen LogP contribution in [0.4, 0.5) is 10.1 Å². The Morgan fingerprint density at radius 1 is 1.26 bits per heavy atom. The van der Waals surface area contributed by atoms with Crippen molar-refractivity contribution in [1.82, 2.24) is 4.90 Å². The van der Waals surface area contributed by atoms with E-state index in [0.29, 0.717) is 6.42 Å². The van der Waals surface area contributed by atoms with E-state index in [0.717, 1.165) is 82.9 Å². The van der Waals surface area contributed by atoms with Crippen LogP contribution in [0.1, 0.15) is 76.0 Å². The molecule has 2 aliphatic heterocycles. The standard InChI is InChI=1S/C30H40FN3/c1-6-7-10-23(20(2)3)13-21(4)27-16-26-25(17-31)14-24(15-28(26)33-27)22(5)34-18-30(19-34)12-9-8-11-29(30)32/h10,13-15,29H,2,5-9,11-12,16-19,32H2,1,3-4H3/b21-13+,23-10-. The maximum atomic E-state index is 14.1. The Bertz CT molecular complexity index is 1070. The topological polar surface area (TPSA) is 41.6 Å². The summed E-state index contributed by atoms with van der Waals surface area (Å²) < 4.78 is 14.1. The molecule has 1 aromatic carbocycles. The van der Waals surface area contributed by atoms with Gasteiger partial charge in [-0.05, 0) is 73.1 Å². The van der Waals surface area contributed by atoms with E-state index in [1.807, 2.05) is 13.0 Å². The zero-order valence-electron chi connectivity index (χ0n) is 21.2. The fraction of sp³-hybridized carbons (Fsp3) is 0.500. The van der Waals surface area contributed by atoms with E-state index in [1.54, 1.807) is 0 Å². The molecule has 1 spiro atoms. The molecule has 182 valence electrons. The van der Waals surface area contributed by atoms with Crippen molar-refractivity contribution in [2.24, 2.45) is 16.1 Å². The van der Waals surface area contributed by atoms with Gasteiger partial charge in [-0.15, -0.1) is 0 Å². The largest absolute Gasteiger partial charge is 0.370 e. The van der Waals surface area contributed by atoms with Gasteiger partial charge in [0.05, 0.1) is 5.69 Å². The monoisotopic (exact) mass is 461 g/mol. The molecule has 2 fully saturated rings. The minimum Gasteiger partial charge on any atom is -0.370 e. The van der Waals surface area contributed by atoms with E-state index in [4.69, 9.17) is 10.7 Å². The zero-order chi connectivity index (χ0) is 24.5. The van der Waals surface area contributed by atoms with Crippen LogP contribution < -0.4 is 5.73 Å². The van der Waals surface area contributed by atoms with Gasteiger partial charge in [-0.3, -0.25) is 4.99 Å². The van der Waals surface area contributed by atoms with Gasteiger partial charge in [0.15, 0.2) is 0 Å². The summed E-state index contributed by atoms with van der Waals surface area (Å²) in [6.45, 7) is 16.2. The third kappa shape index (κ3) is 4.70. The Balaban J connectivity index is 1.55. The highest BCUT2D eigenvalue weighted by Crippen LogP contribution is 2.46. The SMILES string of the molecule is C=C(C)C(=C\CCC)/C=C(\C)C1=Nc2cc(C(=C)N3CC4(CCCCC4N)C3)cc(CF)c2C1. The first kappa shape index (κ1) is 24.7. The third-order valence-electron chi connectivity index (χ3n) is 7.99. The molecule has 0 bridgehead atoms. The molecule has 1 unspecified atom stereocenters. The van der Waals surface area contributed by atoms with Crippen molar-refractivity contribution in [3.8, 4) is 0 Å². The normalized spacial score (nSPS) is 21.9. The lowest BCUT2D eigenvalue weighted by Gasteiger charge is -2.57. The van der Waals surface area contributed by atoms with Gasteiger partial charge >= 0.3 is 0 Å². The molecule has 0 amide bonds. The van der Waals surface area contributed by atoms with Crippen molar-refractivity contribution in [1.29, 1.82) is 0 Å². The number of nitrogens with two attached hydrogens (primary N) is 1. The number of halogens is 1. The minimum atomic E-state index is -0.489. The molecule has 3 nitrogen and oxygen atoms in total. The van der Waals surface area contributed by atoms with Gasteiger partial charge in [-0.25, -0.2) is 4.39 Å². The smallest absolute Gasteiger partial charge is 0.115 e. The van der Waals surface area contributed by atoms with Crippen LogP contribution in [-0.2, 0) is 13.1 Å². The number of hydrogen-bond acceptors (Lipinski definition) is 3. The molecule has 4 rings (SSSR count). The van der Waals surface area contributed by atoms with Crippen molar-refractivity contribution in [3.63, 3.8) is 0 Å². The van der Waals surface area contributed by atoms with Crippen LogP contribution in [0.2, 0.25) is 0 Å². The van der Waals surface area contributed by atoms with Gasteiger partial charge in [0.1, 0.15) is 6.67 Å². The van der Waals surface area contributed by atoms with E-state index in [-0.39, 0.29) is 11.5 Å². The molecule has 3 aliphatic rings. The van der Waals surface area contributed by atoms with Crippen molar-refractivity contribution in [2.45, 2.75) is 78.4 Å². The van der Waals surface area contributed by atoms with E-state index in [1.165, 1.54) is 19.3 Å². The summed E-state index contributed by atoms with van der Waals surface area (Å²) in [7, 11) is 0. The van der Waals surface area contributed by atoms with Crippen molar-refractivity contribution >= 4 is 17.1 Å². The first-order valence-corrected chi connectivity index (χ1v) is 12.8. The summed E-state index contributed by atoms with van der Waals surface area (Å²) in [4.78, 5) is 7.26. The molecule has 1 saturated heterocycles. The fourth-order valence-corrected chi connectivity index (χ4v) is 5.67. The van der Waals surface area contributed by atoms with Crippen molar-refractivity contribution < 1.29 is 4.39 Å². The lowest BCUT2D eigenvalue weighted by Crippen LogP contribution is -2.64. The van der Waals surface area contributed by atoms with Crippen LogP contribution in [0.25, 0.3) is 5.70 Å². The van der Waals surface area contributed by atoms with Gasteiger partial charge in [0.25, 0.3) is 0 Å². The summed E-state index contributed by atoms with van der Waals surface area (Å²) in [5, 5.41) is 0. The van der Waals surface area contributed by atoms with Gasteiger partial charge in [-0.1, -0.05) is 57.1 Å². The second kappa shape index (κ2) is 10.0. The van der Waals surface area contributed by atoms with Gasteiger partial charge in [0, 0.05) is 42.4 Å². The molecule has 1 saturated carbocycles. The fourth-order valence-electron chi connectivity index (χ4n) is 5.67. The van der Waals surface area contributed by atoms with E-state index in [9.17, 15) is 4.39 Å². The third-order valence-corrected chi connectivity index (χ3v) is 7.99. The number of rotatable bonds is 8. The van der Waals surface area contributed by atoms with Crippen LogP contribution in [0.15, 0.2) is 59.2 Å². The first-order chi connectivity index (χ1) is 16.3. The van der Waals surface area contributed by atoms with Gasteiger partial charge in [0.2, 0.25) is 0 Å². The number of alkyl halides is 1. The highest BCUT2D eigenvalue weighted by atomic mass is 19.1. The molecule has 34 heavy (non-hydrogen) atoms. The summed E-state index contributed by atoms with van der Waals surface area (Å²) >= 11 is 0.